The van der Waals surface area contributed by atoms with Gasteiger partial charge in [0.15, 0.2) is 0 Å². The topological polar surface area (TPSA) is 25.2 Å². The molecule has 1 heterocycles. The van der Waals surface area contributed by atoms with Gasteiger partial charge >= 0.3 is 6.18 Å². The molecule has 3 rings (SSSR count). The van der Waals surface area contributed by atoms with Crippen molar-refractivity contribution in [1.82, 2.24) is 9.47 Å². The van der Waals surface area contributed by atoms with E-state index in [1.165, 1.54) is 6.07 Å². The normalized spacial score (nSPS) is 11.5. The molecule has 0 N–H and O–H groups in total. The molecule has 2 aromatic carbocycles. The summed E-state index contributed by atoms with van der Waals surface area (Å²) in [6.45, 7) is 4.35. The first-order valence-electron chi connectivity index (χ1n) is 9.29. The molecule has 0 unspecified atom stereocenters. The van der Waals surface area contributed by atoms with Crippen LogP contribution in [0.5, 0.6) is 0 Å². The first-order valence-corrected chi connectivity index (χ1v) is 9.29. The van der Waals surface area contributed by atoms with Crippen molar-refractivity contribution in [1.29, 1.82) is 0 Å². The first-order chi connectivity index (χ1) is 13.7. The zero-order valence-corrected chi connectivity index (χ0v) is 16.6. The number of carbonyl (C=O) groups excluding carboxylic acids is 1. The van der Waals surface area contributed by atoms with Gasteiger partial charge in [0.25, 0.3) is 5.91 Å². The van der Waals surface area contributed by atoms with Crippen LogP contribution in [0.4, 0.5) is 13.2 Å². The Hall–Kier alpha value is -3.02. The summed E-state index contributed by atoms with van der Waals surface area (Å²) in [5.41, 5.74) is 2.95. The number of hydrogen-bond acceptors (Lipinski definition) is 1. The van der Waals surface area contributed by atoms with E-state index < -0.39 is 11.7 Å². The Bertz CT molecular complexity index is 1010. The summed E-state index contributed by atoms with van der Waals surface area (Å²) in [7, 11) is 1.73. The zero-order chi connectivity index (χ0) is 21.2. The minimum atomic E-state index is -4.40. The average molecular weight is 400 g/mol. The van der Waals surface area contributed by atoms with E-state index in [2.05, 4.69) is 0 Å². The van der Waals surface area contributed by atoms with Gasteiger partial charge in [0, 0.05) is 25.8 Å². The third kappa shape index (κ3) is 4.70. The summed E-state index contributed by atoms with van der Waals surface area (Å²) in [4.78, 5) is 14.8. The zero-order valence-electron chi connectivity index (χ0n) is 16.6. The summed E-state index contributed by atoms with van der Waals surface area (Å²) in [6, 6.07) is 16.8. The molecule has 0 aliphatic carbocycles. The molecule has 0 spiro atoms. The van der Waals surface area contributed by atoms with Gasteiger partial charge in [-0.1, -0.05) is 42.5 Å². The van der Waals surface area contributed by atoms with E-state index in [1.54, 1.807) is 22.6 Å². The molecule has 3 nitrogen and oxygen atoms in total. The third-order valence-electron chi connectivity index (χ3n) is 4.90. The predicted molar refractivity (Wildman–Crippen MR) is 107 cm³/mol. The van der Waals surface area contributed by atoms with Gasteiger partial charge in [-0.15, -0.1) is 0 Å². The molecule has 6 heteroatoms. The highest BCUT2D eigenvalue weighted by Crippen LogP contribution is 2.30. The van der Waals surface area contributed by atoms with Crippen molar-refractivity contribution < 1.29 is 18.0 Å². The number of alkyl halides is 3. The maximum absolute atomic E-state index is 13.1. The molecule has 0 bridgehead atoms. The van der Waals surface area contributed by atoms with Crippen LogP contribution in [-0.2, 0) is 19.3 Å². The Kier molecular flexibility index (Phi) is 5.82. The lowest BCUT2D eigenvalue weighted by Gasteiger charge is -2.20. The quantitative estimate of drug-likeness (QED) is 0.560. The van der Waals surface area contributed by atoms with Gasteiger partial charge in [0.2, 0.25) is 0 Å². The highest BCUT2D eigenvalue weighted by molar-refractivity contribution is 5.94. The van der Waals surface area contributed by atoms with Crippen molar-refractivity contribution in [2.24, 2.45) is 0 Å². The fourth-order valence-corrected chi connectivity index (χ4v) is 3.48. The molecule has 152 valence electrons. The van der Waals surface area contributed by atoms with Crippen LogP contribution in [0.1, 0.15) is 38.4 Å². The van der Waals surface area contributed by atoms with Crippen LogP contribution in [0.15, 0.2) is 60.7 Å². The van der Waals surface area contributed by atoms with Crippen molar-refractivity contribution in [3.8, 4) is 0 Å². The smallest absolute Gasteiger partial charge is 0.336 e. The maximum atomic E-state index is 13.1. The highest BCUT2D eigenvalue weighted by atomic mass is 19.4. The van der Waals surface area contributed by atoms with Crippen molar-refractivity contribution in [3.05, 3.63) is 94.3 Å². The van der Waals surface area contributed by atoms with Crippen LogP contribution in [-0.4, -0.2) is 22.4 Å². The van der Waals surface area contributed by atoms with Gasteiger partial charge in [0.05, 0.1) is 5.56 Å². The van der Waals surface area contributed by atoms with Crippen LogP contribution >= 0.6 is 0 Å². The first kappa shape index (κ1) is 20.7. The van der Waals surface area contributed by atoms with E-state index in [0.717, 1.165) is 29.0 Å². The fourth-order valence-electron chi connectivity index (χ4n) is 3.48. The Morgan fingerprint density at radius 3 is 2.28 bits per heavy atom. The van der Waals surface area contributed by atoms with Gasteiger partial charge in [-0.05, 0) is 48.7 Å². The van der Waals surface area contributed by atoms with Crippen LogP contribution in [0.2, 0.25) is 0 Å². The molecule has 0 aliphatic rings. The van der Waals surface area contributed by atoms with E-state index >= 15 is 0 Å². The second-order valence-corrected chi connectivity index (χ2v) is 7.25. The van der Waals surface area contributed by atoms with Crippen LogP contribution in [0, 0.1) is 13.8 Å². The molecular formula is C23H23F3N2O. The van der Waals surface area contributed by atoms with Gasteiger partial charge < -0.3 is 9.47 Å². The minimum Gasteiger partial charge on any atom is -0.336 e. The maximum Gasteiger partial charge on any atom is 0.416 e. The van der Waals surface area contributed by atoms with Crippen molar-refractivity contribution in [2.75, 3.05) is 7.05 Å². The van der Waals surface area contributed by atoms with Gasteiger partial charge in [-0.2, -0.15) is 13.2 Å². The summed E-state index contributed by atoms with van der Waals surface area (Å²) >= 11 is 0. The average Bonchev–Trinajstić information content (AvgIpc) is 2.94. The van der Waals surface area contributed by atoms with Gasteiger partial charge in [-0.3, -0.25) is 4.79 Å². The Balaban J connectivity index is 1.89. The molecule has 0 aliphatic heterocycles. The van der Waals surface area contributed by atoms with Gasteiger partial charge in [-0.25, -0.2) is 0 Å². The molecule has 29 heavy (non-hydrogen) atoms. The summed E-state index contributed by atoms with van der Waals surface area (Å²) < 4.78 is 40.9. The van der Waals surface area contributed by atoms with Crippen LogP contribution < -0.4 is 0 Å². The highest BCUT2D eigenvalue weighted by Gasteiger charge is 2.30. The number of aryl methyl sites for hydroxylation is 2. The molecular weight excluding hydrogens is 377 g/mol. The monoisotopic (exact) mass is 400 g/mol. The predicted octanol–water partition coefficient (Wildman–Crippen LogP) is 5.44. The summed E-state index contributed by atoms with van der Waals surface area (Å²) in [5, 5.41) is 0. The number of carbonyl (C=O) groups is 1. The molecule has 0 atom stereocenters. The SMILES string of the molecule is Cc1cc(C)n(Cc2cccc(C(F)(F)F)c2)c1C(=O)N(C)Cc1ccccc1. The summed E-state index contributed by atoms with van der Waals surface area (Å²) in [6.07, 6.45) is -4.40. The van der Waals surface area contributed by atoms with Crippen molar-refractivity contribution in [3.63, 3.8) is 0 Å². The molecule has 0 saturated carbocycles. The molecule has 3 aromatic rings. The number of nitrogens with zero attached hydrogens (tertiary/aromatic N) is 2. The minimum absolute atomic E-state index is 0.161. The van der Waals surface area contributed by atoms with E-state index in [4.69, 9.17) is 0 Å². The van der Waals surface area contributed by atoms with Crippen LogP contribution in [0.25, 0.3) is 0 Å². The molecule has 0 fully saturated rings. The third-order valence-corrected chi connectivity index (χ3v) is 4.90. The number of aromatic nitrogens is 1. The molecule has 1 amide bonds. The van der Waals surface area contributed by atoms with Gasteiger partial charge in [0.1, 0.15) is 5.69 Å². The second-order valence-electron chi connectivity index (χ2n) is 7.25. The Morgan fingerprint density at radius 1 is 0.966 bits per heavy atom. The molecule has 1 aromatic heterocycles. The van der Waals surface area contributed by atoms with E-state index in [9.17, 15) is 18.0 Å². The lowest BCUT2D eigenvalue weighted by atomic mass is 10.1. The van der Waals surface area contributed by atoms with Crippen molar-refractivity contribution >= 4 is 5.91 Å². The van der Waals surface area contributed by atoms with Crippen LogP contribution in [0.3, 0.4) is 0 Å². The largest absolute Gasteiger partial charge is 0.416 e. The Morgan fingerprint density at radius 2 is 1.62 bits per heavy atom. The van der Waals surface area contributed by atoms with E-state index in [0.29, 0.717) is 17.8 Å². The standard InChI is InChI=1S/C23H23F3N2O/c1-16-12-17(2)28(15-19-10-7-11-20(13-19)23(24,25)26)21(16)22(29)27(3)14-18-8-5-4-6-9-18/h4-13H,14-15H2,1-3H3. The van der Waals surface area contributed by atoms with E-state index in [-0.39, 0.29) is 12.5 Å². The Labute approximate surface area is 168 Å². The van der Waals surface area contributed by atoms with Crippen molar-refractivity contribution in [2.45, 2.75) is 33.1 Å². The number of amides is 1. The number of halogens is 3. The molecule has 0 radical (unpaired) electrons. The number of benzene rings is 2. The lowest BCUT2D eigenvalue weighted by Crippen LogP contribution is -2.29. The number of rotatable bonds is 5. The fraction of sp³-hybridized carbons (Fsp3) is 0.261. The van der Waals surface area contributed by atoms with E-state index in [1.807, 2.05) is 50.2 Å². The second kappa shape index (κ2) is 8.15. The summed E-state index contributed by atoms with van der Waals surface area (Å²) in [5.74, 6) is -0.161. The lowest BCUT2D eigenvalue weighted by molar-refractivity contribution is -0.137. The number of hydrogen-bond donors (Lipinski definition) is 0. The molecule has 0 saturated heterocycles.